The second-order valence-electron chi connectivity index (χ2n) is 7.91. The number of aromatic nitrogens is 2. The minimum atomic E-state index is -3.50. The number of fused-ring (bicyclic) bond motifs is 1. The average molecular weight is 496 g/mol. The number of carbonyl (C=O) groups excluding carboxylic acids is 1. The first-order valence-electron chi connectivity index (χ1n) is 10.8. The number of thiazole rings is 1. The second kappa shape index (κ2) is 10.3. The molecule has 0 bridgehead atoms. The van der Waals surface area contributed by atoms with Crippen molar-refractivity contribution in [2.45, 2.75) is 31.2 Å². The number of hydrogen-bond donors (Lipinski definition) is 0. The van der Waals surface area contributed by atoms with Crippen LogP contribution in [0.5, 0.6) is 5.75 Å². The third-order valence-electron chi connectivity index (χ3n) is 5.35. The Balaban J connectivity index is 1.50. The molecule has 4 rings (SSSR count). The van der Waals surface area contributed by atoms with Crippen molar-refractivity contribution in [3.63, 3.8) is 0 Å². The molecule has 0 aliphatic heterocycles. The van der Waals surface area contributed by atoms with Gasteiger partial charge < -0.3 is 4.74 Å². The molecule has 0 radical (unpaired) electrons. The Morgan fingerprint density at radius 1 is 1.12 bits per heavy atom. The predicted octanol–water partition coefficient (Wildman–Crippen LogP) is 4.80. The van der Waals surface area contributed by atoms with Gasteiger partial charge >= 0.3 is 0 Å². The second-order valence-corrected chi connectivity index (χ2v) is 11.0. The largest absolute Gasteiger partial charge is 0.497 e. The molecule has 1 amide bonds. The van der Waals surface area contributed by atoms with Crippen molar-refractivity contribution >= 4 is 42.4 Å². The van der Waals surface area contributed by atoms with Gasteiger partial charge in [0, 0.05) is 18.8 Å². The zero-order valence-electron chi connectivity index (χ0n) is 19.0. The topological polar surface area (TPSA) is 89.5 Å². The number of nitrogens with zero attached hydrogens (tertiary/aromatic N) is 3. The molecular formula is C25H25N3O4S2. The fraction of sp³-hybridized carbons (Fsp3) is 0.240. The van der Waals surface area contributed by atoms with Crippen molar-refractivity contribution in [2.24, 2.45) is 0 Å². The van der Waals surface area contributed by atoms with E-state index in [-0.39, 0.29) is 29.4 Å². The van der Waals surface area contributed by atoms with Gasteiger partial charge in [0.1, 0.15) is 5.75 Å². The maximum atomic E-state index is 13.3. The first kappa shape index (κ1) is 23.8. The minimum absolute atomic E-state index is 0.0879. The molecule has 34 heavy (non-hydrogen) atoms. The summed E-state index contributed by atoms with van der Waals surface area (Å²) in [4.78, 5) is 23.9. The first-order valence-corrected chi connectivity index (χ1v) is 13.3. The number of rotatable bonds is 9. The third-order valence-corrected chi connectivity index (χ3v) is 8.21. The van der Waals surface area contributed by atoms with Crippen LogP contribution in [-0.2, 0) is 21.2 Å². The normalized spacial score (nSPS) is 11.5. The lowest BCUT2D eigenvalue weighted by molar-refractivity contribution is -0.118. The summed E-state index contributed by atoms with van der Waals surface area (Å²) in [6.45, 7) is 2.33. The molecule has 0 fully saturated rings. The molecule has 7 nitrogen and oxygen atoms in total. The van der Waals surface area contributed by atoms with Gasteiger partial charge in [0.05, 0.1) is 34.5 Å². The van der Waals surface area contributed by atoms with Crippen LogP contribution in [0, 0.1) is 6.92 Å². The van der Waals surface area contributed by atoms with Crippen molar-refractivity contribution in [1.82, 2.24) is 9.97 Å². The fourth-order valence-electron chi connectivity index (χ4n) is 3.52. The van der Waals surface area contributed by atoms with E-state index in [1.54, 1.807) is 29.4 Å². The summed E-state index contributed by atoms with van der Waals surface area (Å²) in [5.41, 5.74) is 2.82. The third kappa shape index (κ3) is 5.60. The highest BCUT2D eigenvalue weighted by Gasteiger charge is 2.22. The molecule has 0 N–H and O–H groups in total. The summed E-state index contributed by atoms with van der Waals surface area (Å²) >= 11 is 1.45. The van der Waals surface area contributed by atoms with E-state index in [1.807, 2.05) is 37.3 Å². The summed E-state index contributed by atoms with van der Waals surface area (Å²) < 4.78 is 31.5. The van der Waals surface area contributed by atoms with E-state index >= 15 is 0 Å². The van der Waals surface area contributed by atoms with Crippen molar-refractivity contribution in [3.05, 3.63) is 78.1 Å². The Morgan fingerprint density at radius 2 is 1.91 bits per heavy atom. The van der Waals surface area contributed by atoms with Gasteiger partial charge in [0.25, 0.3) is 0 Å². The van der Waals surface area contributed by atoms with Gasteiger partial charge in [-0.15, -0.1) is 0 Å². The number of aryl methyl sites for hydroxylation is 1. The number of pyridine rings is 1. The quantitative estimate of drug-likeness (QED) is 0.332. The van der Waals surface area contributed by atoms with Gasteiger partial charge in [-0.25, -0.2) is 13.4 Å². The molecule has 2 heterocycles. The predicted molar refractivity (Wildman–Crippen MR) is 134 cm³/mol. The number of ether oxygens (including phenoxy) is 1. The number of hydrogen-bond acceptors (Lipinski definition) is 7. The van der Waals surface area contributed by atoms with E-state index in [0.29, 0.717) is 17.4 Å². The minimum Gasteiger partial charge on any atom is -0.497 e. The maximum Gasteiger partial charge on any atom is 0.229 e. The maximum absolute atomic E-state index is 13.3. The van der Waals surface area contributed by atoms with Gasteiger partial charge in [-0.3, -0.25) is 14.7 Å². The summed E-state index contributed by atoms with van der Waals surface area (Å²) in [5, 5.41) is 0.590. The molecule has 0 aliphatic carbocycles. The van der Waals surface area contributed by atoms with Crippen LogP contribution in [0.15, 0.2) is 71.9 Å². The SMILES string of the molecule is COc1ccc(S(=O)(=O)CCCC(=O)N(Cc2cccnc2)c2nc3ccc(C)cc3s2)cc1. The molecule has 2 aromatic heterocycles. The van der Waals surface area contributed by atoms with Gasteiger partial charge in [-0.1, -0.05) is 23.5 Å². The molecule has 176 valence electrons. The van der Waals surface area contributed by atoms with Gasteiger partial charge in [0.15, 0.2) is 15.0 Å². The monoisotopic (exact) mass is 495 g/mol. The highest BCUT2D eigenvalue weighted by molar-refractivity contribution is 7.91. The van der Waals surface area contributed by atoms with Crippen molar-refractivity contribution in [1.29, 1.82) is 0 Å². The van der Waals surface area contributed by atoms with Gasteiger partial charge in [-0.05, 0) is 66.9 Å². The van der Waals surface area contributed by atoms with Crippen LogP contribution in [0.2, 0.25) is 0 Å². The number of amides is 1. The van der Waals surface area contributed by atoms with Crippen LogP contribution in [0.3, 0.4) is 0 Å². The summed E-state index contributed by atoms with van der Waals surface area (Å²) in [6, 6.07) is 16.0. The lowest BCUT2D eigenvalue weighted by Crippen LogP contribution is -2.30. The zero-order valence-corrected chi connectivity index (χ0v) is 20.6. The van der Waals surface area contributed by atoms with E-state index in [2.05, 4.69) is 9.97 Å². The van der Waals surface area contributed by atoms with Crippen molar-refractivity contribution in [2.75, 3.05) is 17.8 Å². The van der Waals surface area contributed by atoms with Crippen molar-refractivity contribution in [3.8, 4) is 5.75 Å². The fourth-order valence-corrected chi connectivity index (χ4v) is 5.91. The Bertz CT molecular complexity index is 1380. The Labute approximate surface area is 203 Å². The van der Waals surface area contributed by atoms with E-state index in [0.717, 1.165) is 21.3 Å². The Hall–Kier alpha value is -3.30. The molecule has 0 spiro atoms. The lowest BCUT2D eigenvalue weighted by Gasteiger charge is -2.20. The molecule has 0 saturated carbocycles. The standard InChI is InChI=1S/C25H25N3O4S2/c1-18-7-12-22-23(15-18)33-25(27-22)28(17-19-5-3-13-26-16-19)24(29)6-4-14-34(30,31)21-10-8-20(32-2)9-11-21/h3,5,7-13,15-16H,4,6,14,17H2,1-2H3. The zero-order chi connectivity index (χ0) is 24.1. The van der Waals surface area contributed by atoms with Crippen LogP contribution in [0.4, 0.5) is 5.13 Å². The summed E-state index contributed by atoms with van der Waals surface area (Å²) in [7, 11) is -1.98. The lowest BCUT2D eigenvalue weighted by atomic mass is 10.2. The van der Waals surface area contributed by atoms with E-state index in [1.165, 1.54) is 30.6 Å². The summed E-state index contributed by atoms with van der Waals surface area (Å²) in [5.74, 6) is 0.293. The van der Waals surface area contributed by atoms with Crippen LogP contribution >= 0.6 is 11.3 Å². The van der Waals surface area contributed by atoms with E-state index in [4.69, 9.17) is 4.74 Å². The van der Waals surface area contributed by atoms with Crippen LogP contribution in [0.25, 0.3) is 10.2 Å². The number of anilines is 1. The number of carbonyl (C=O) groups is 1. The molecule has 0 atom stereocenters. The number of sulfone groups is 1. The molecule has 9 heteroatoms. The summed E-state index contributed by atoms with van der Waals surface area (Å²) in [6.07, 6.45) is 3.69. The van der Waals surface area contributed by atoms with E-state index < -0.39 is 9.84 Å². The first-order chi connectivity index (χ1) is 16.4. The molecule has 0 aliphatic rings. The van der Waals surface area contributed by atoms with Gasteiger partial charge in [0.2, 0.25) is 5.91 Å². The number of methoxy groups -OCH3 is 1. The highest BCUT2D eigenvalue weighted by atomic mass is 32.2. The average Bonchev–Trinajstić information content (AvgIpc) is 3.25. The highest BCUT2D eigenvalue weighted by Crippen LogP contribution is 2.31. The Kier molecular flexibility index (Phi) is 7.23. The molecule has 4 aromatic rings. The van der Waals surface area contributed by atoms with Crippen molar-refractivity contribution < 1.29 is 17.9 Å². The molecule has 0 saturated heterocycles. The smallest absolute Gasteiger partial charge is 0.229 e. The molecular weight excluding hydrogens is 470 g/mol. The van der Waals surface area contributed by atoms with Crippen LogP contribution in [-0.4, -0.2) is 37.2 Å². The van der Waals surface area contributed by atoms with Crippen LogP contribution in [0.1, 0.15) is 24.0 Å². The molecule has 2 aromatic carbocycles. The number of benzene rings is 2. The Morgan fingerprint density at radius 3 is 2.62 bits per heavy atom. The van der Waals surface area contributed by atoms with E-state index in [9.17, 15) is 13.2 Å². The van der Waals surface area contributed by atoms with Gasteiger partial charge in [-0.2, -0.15) is 0 Å². The molecule has 0 unspecified atom stereocenters. The van der Waals surface area contributed by atoms with Crippen LogP contribution < -0.4 is 9.64 Å².